The highest BCUT2D eigenvalue weighted by Gasteiger charge is 2.28. The zero-order chi connectivity index (χ0) is 16.4. The zero-order valence-electron chi connectivity index (χ0n) is 13.9. The van der Waals surface area contributed by atoms with E-state index in [-0.39, 0.29) is 6.09 Å². The molecule has 0 saturated heterocycles. The van der Waals surface area contributed by atoms with E-state index in [1.165, 1.54) is 5.56 Å². The van der Waals surface area contributed by atoms with Crippen molar-refractivity contribution >= 4 is 11.8 Å². The largest absolute Gasteiger partial charge is 0.443 e. The van der Waals surface area contributed by atoms with Gasteiger partial charge in [0.1, 0.15) is 5.60 Å². The molecule has 0 radical (unpaired) electrons. The lowest BCUT2D eigenvalue weighted by Crippen LogP contribution is -2.39. The first-order valence-corrected chi connectivity index (χ1v) is 7.98. The Labute approximate surface area is 137 Å². The maximum Gasteiger partial charge on any atom is 0.414 e. The van der Waals surface area contributed by atoms with E-state index in [1.54, 1.807) is 11.1 Å². The van der Waals surface area contributed by atoms with Gasteiger partial charge < -0.3 is 4.74 Å². The van der Waals surface area contributed by atoms with Gasteiger partial charge in [0, 0.05) is 24.5 Å². The minimum Gasteiger partial charge on any atom is -0.443 e. The minimum atomic E-state index is -0.490. The van der Waals surface area contributed by atoms with E-state index in [1.807, 2.05) is 45.2 Å². The third kappa shape index (κ3) is 3.36. The smallest absolute Gasteiger partial charge is 0.414 e. The summed E-state index contributed by atoms with van der Waals surface area (Å²) in [6, 6.07) is 10.1. The zero-order valence-corrected chi connectivity index (χ0v) is 13.9. The molecular formula is C19H22N2O2. The molecule has 1 aromatic heterocycles. The quantitative estimate of drug-likeness (QED) is 0.782. The Morgan fingerprint density at radius 1 is 1.22 bits per heavy atom. The van der Waals surface area contributed by atoms with Crippen molar-refractivity contribution in [3.05, 3.63) is 48.3 Å². The van der Waals surface area contributed by atoms with Crippen LogP contribution >= 0.6 is 0 Å². The van der Waals surface area contributed by atoms with E-state index >= 15 is 0 Å². The number of carbonyl (C=O) groups excluding carboxylic acids is 1. The van der Waals surface area contributed by atoms with E-state index in [9.17, 15) is 4.79 Å². The normalized spacial score (nSPS) is 14.3. The molecule has 0 aliphatic carbocycles. The predicted molar refractivity (Wildman–Crippen MR) is 91.6 cm³/mol. The fourth-order valence-corrected chi connectivity index (χ4v) is 2.92. The van der Waals surface area contributed by atoms with Gasteiger partial charge in [0.05, 0.1) is 5.69 Å². The van der Waals surface area contributed by atoms with Gasteiger partial charge in [0.25, 0.3) is 0 Å². The molecule has 4 nitrogen and oxygen atoms in total. The average molecular weight is 310 g/mol. The summed E-state index contributed by atoms with van der Waals surface area (Å²) in [4.78, 5) is 18.5. The van der Waals surface area contributed by atoms with Crippen molar-refractivity contribution in [3.8, 4) is 11.1 Å². The highest BCUT2D eigenvalue weighted by molar-refractivity contribution is 5.91. The van der Waals surface area contributed by atoms with Gasteiger partial charge in [-0.3, -0.25) is 9.88 Å². The maximum absolute atomic E-state index is 12.5. The van der Waals surface area contributed by atoms with Crippen LogP contribution in [0.25, 0.3) is 11.1 Å². The van der Waals surface area contributed by atoms with Crippen LogP contribution in [0, 0.1) is 0 Å². The van der Waals surface area contributed by atoms with Crippen LogP contribution in [0.2, 0.25) is 0 Å². The molecule has 1 aliphatic rings. The Balaban J connectivity index is 1.99. The first-order chi connectivity index (χ1) is 11.0. The molecule has 4 heteroatoms. The van der Waals surface area contributed by atoms with E-state index in [4.69, 9.17) is 4.74 Å². The Morgan fingerprint density at radius 3 is 2.74 bits per heavy atom. The lowest BCUT2D eigenvalue weighted by atomic mass is 9.93. The van der Waals surface area contributed by atoms with Crippen molar-refractivity contribution in [2.24, 2.45) is 0 Å². The van der Waals surface area contributed by atoms with Crippen molar-refractivity contribution in [1.82, 2.24) is 4.98 Å². The number of hydrogen-bond donors (Lipinski definition) is 0. The number of benzene rings is 1. The number of fused-ring (bicyclic) bond motifs is 1. The number of amides is 1. The van der Waals surface area contributed by atoms with Crippen LogP contribution in [0.5, 0.6) is 0 Å². The molecule has 0 unspecified atom stereocenters. The van der Waals surface area contributed by atoms with Crippen LogP contribution in [0.1, 0.15) is 32.8 Å². The van der Waals surface area contributed by atoms with Crippen molar-refractivity contribution in [1.29, 1.82) is 0 Å². The Bertz CT molecular complexity index is 705. The SMILES string of the molecule is CC(C)(C)OC(=O)N1CCCc2c(-c3cccnc3)cccc21. The first-order valence-electron chi connectivity index (χ1n) is 7.98. The number of nitrogens with zero attached hydrogens (tertiary/aromatic N) is 2. The van der Waals surface area contributed by atoms with Gasteiger partial charge in [-0.15, -0.1) is 0 Å². The van der Waals surface area contributed by atoms with Crippen LogP contribution in [0.3, 0.4) is 0 Å². The lowest BCUT2D eigenvalue weighted by Gasteiger charge is -2.32. The van der Waals surface area contributed by atoms with E-state index in [0.717, 1.165) is 29.7 Å². The van der Waals surface area contributed by atoms with E-state index in [0.29, 0.717) is 6.54 Å². The number of aromatic nitrogens is 1. The molecule has 1 amide bonds. The van der Waals surface area contributed by atoms with Crippen LogP contribution in [0.15, 0.2) is 42.7 Å². The number of ether oxygens (including phenoxy) is 1. The molecule has 2 heterocycles. The third-order valence-electron chi connectivity index (χ3n) is 3.84. The highest BCUT2D eigenvalue weighted by Crippen LogP contribution is 2.35. The first kappa shape index (κ1) is 15.5. The second-order valence-electron chi connectivity index (χ2n) is 6.78. The average Bonchev–Trinajstić information content (AvgIpc) is 2.53. The highest BCUT2D eigenvalue weighted by atomic mass is 16.6. The molecule has 0 spiro atoms. The Hall–Kier alpha value is -2.36. The molecule has 0 fully saturated rings. The van der Waals surface area contributed by atoms with Crippen LogP contribution < -0.4 is 4.90 Å². The fourth-order valence-electron chi connectivity index (χ4n) is 2.92. The van der Waals surface area contributed by atoms with Gasteiger partial charge in [-0.2, -0.15) is 0 Å². The minimum absolute atomic E-state index is 0.276. The summed E-state index contributed by atoms with van der Waals surface area (Å²) in [6.07, 6.45) is 5.25. The summed E-state index contributed by atoms with van der Waals surface area (Å²) in [7, 11) is 0. The van der Waals surface area contributed by atoms with E-state index < -0.39 is 5.60 Å². The van der Waals surface area contributed by atoms with Crippen LogP contribution in [-0.4, -0.2) is 23.2 Å². The molecule has 0 N–H and O–H groups in total. The Morgan fingerprint density at radius 2 is 2.04 bits per heavy atom. The van der Waals surface area contributed by atoms with Crippen LogP contribution in [-0.2, 0) is 11.2 Å². The van der Waals surface area contributed by atoms with Crippen molar-refractivity contribution in [2.45, 2.75) is 39.2 Å². The fraction of sp³-hybridized carbons (Fsp3) is 0.368. The molecule has 0 saturated carbocycles. The van der Waals surface area contributed by atoms with E-state index in [2.05, 4.69) is 17.1 Å². The maximum atomic E-state index is 12.5. The van der Waals surface area contributed by atoms with Gasteiger partial charge in [0.15, 0.2) is 0 Å². The van der Waals surface area contributed by atoms with Gasteiger partial charge in [0.2, 0.25) is 0 Å². The Kier molecular flexibility index (Phi) is 4.07. The summed E-state index contributed by atoms with van der Waals surface area (Å²) in [5, 5.41) is 0. The summed E-state index contributed by atoms with van der Waals surface area (Å²) >= 11 is 0. The van der Waals surface area contributed by atoms with Gasteiger partial charge >= 0.3 is 6.09 Å². The van der Waals surface area contributed by atoms with Gasteiger partial charge in [-0.1, -0.05) is 18.2 Å². The van der Waals surface area contributed by atoms with Gasteiger partial charge in [-0.25, -0.2) is 4.79 Å². The molecule has 0 atom stereocenters. The molecular weight excluding hydrogens is 288 g/mol. The molecule has 2 aromatic rings. The second-order valence-corrected chi connectivity index (χ2v) is 6.78. The van der Waals surface area contributed by atoms with Crippen molar-refractivity contribution in [2.75, 3.05) is 11.4 Å². The molecule has 0 bridgehead atoms. The summed E-state index contributed by atoms with van der Waals surface area (Å²) < 4.78 is 5.55. The molecule has 1 aromatic carbocycles. The summed E-state index contributed by atoms with van der Waals surface area (Å²) in [5.41, 5.74) is 3.87. The number of rotatable bonds is 1. The standard InChI is InChI=1S/C19H22N2O2/c1-19(2,3)23-18(22)21-12-6-9-16-15(8-4-10-17(16)21)14-7-5-11-20-13-14/h4-5,7-8,10-11,13H,6,9,12H2,1-3H3. The topological polar surface area (TPSA) is 42.4 Å². The molecule has 3 rings (SSSR count). The third-order valence-corrected chi connectivity index (χ3v) is 3.84. The number of pyridine rings is 1. The van der Waals surface area contributed by atoms with Crippen molar-refractivity contribution < 1.29 is 9.53 Å². The summed E-state index contributed by atoms with van der Waals surface area (Å²) in [5.74, 6) is 0. The van der Waals surface area contributed by atoms with Crippen LogP contribution in [0.4, 0.5) is 10.5 Å². The van der Waals surface area contributed by atoms with Gasteiger partial charge in [-0.05, 0) is 56.9 Å². The number of anilines is 1. The predicted octanol–water partition coefficient (Wildman–Crippen LogP) is 4.44. The molecule has 1 aliphatic heterocycles. The summed E-state index contributed by atoms with van der Waals surface area (Å²) in [6.45, 7) is 6.36. The van der Waals surface area contributed by atoms with Crippen molar-refractivity contribution in [3.63, 3.8) is 0 Å². The molecule has 120 valence electrons. The molecule has 23 heavy (non-hydrogen) atoms. The lowest BCUT2D eigenvalue weighted by molar-refractivity contribution is 0.0578. The second kappa shape index (κ2) is 6.03. The monoisotopic (exact) mass is 310 g/mol. The number of carbonyl (C=O) groups is 1. The number of hydrogen-bond acceptors (Lipinski definition) is 3.